The quantitative estimate of drug-likeness (QED) is 0.356. The van der Waals surface area contributed by atoms with E-state index in [1.165, 1.54) is 32.1 Å². The first-order chi connectivity index (χ1) is 14.2. The summed E-state index contributed by atoms with van der Waals surface area (Å²) in [5.74, 6) is 1.02. The number of ether oxygens (including phenoxy) is 1. The molecule has 0 radical (unpaired) electrons. The number of aryl methyl sites for hydroxylation is 1. The van der Waals surface area contributed by atoms with Crippen LogP contribution in [0.3, 0.4) is 0 Å². The Balaban J connectivity index is 0.00000256. The molecule has 2 saturated heterocycles. The highest BCUT2D eigenvalue weighted by molar-refractivity contribution is 14.0. The molecule has 0 saturated carbocycles. The fourth-order valence-electron chi connectivity index (χ4n) is 5.58. The maximum absolute atomic E-state index is 10.0. The van der Waals surface area contributed by atoms with Crippen molar-refractivity contribution in [3.63, 3.8) is 0 Å². The van der Waals surface area contributed by atoms with Gasteiger partial charge in [0.15, 0.2) is 5.96 Å². The minimum Gasteiger partial charge on any atom is -0.396 e. The number of rotatable bonds is 4. The largest absolute Gasteiger partial charge is 0.396 e. The molecule has 0 aromatic heterocycles. The second kappa shape index (κ2) is 10.6. The molecule has 4 rings (SSSR count). The first-order valence-electron chi connectivity index (χ1n) is 11.5. The van der Waals surface area contributed by atoms with E-state index in [0.717, 1.165) is 51.6 Å². The molecule has 2 N–H and O–H groups in total. The Kier molecular flexibility index (Phi) is 8.44. The topological polar surface area (TPSA) is 57.1 Å². The maximum atomic E-state index is 10.0. The molecule has 30 heavy (non-hydrogen) atoms. The lowest BCUT2D eigenvalue weighted by atomic mass is 9.66. The Morgan fingerprint density at radius 3 is 2.70 bits per heavy atom. The Morgan fingerprint density at radius 1 is 1.17 bits per heavy atom. The molecular formula is C24H38IN3O2. The predicted molar refractivity (Wildman–Crippen MR) is 133 cm³/mol. The molecule has 168 valence electrons. The number of likely N-dealkylation sites (tertiary alicyclic amines) is 1. The van der Waals surface area contributed by atoms with E-state index in [1.807, 2.05) is 0 Å². The summed E-state index contributed by atoms with van der Waals surface area (Å²) in [5, 5.41) is 13.6. The fourth-order valence-corrected chi connectivity index (χ4v) is 5.58. The van der Waals surface area contributed by atoms with E-state index in [-0.39, 0.29) is 41.4 Å². The summed E-state index contributed by atoms with van der Waals surface area (Å²) in [6.45, 7) is 7.45. The molecule has 1 unspecified atom stereocenters. The van der Waals surface area contributed by atoms with Crippen LogP contribution in [0.1, 0.15) is 56.6 Å². The van der Waals surface area contributed by atoms with Crippen molar-refractivity contribution in [1.82, 2.24) is 10.2 Å². The van der Waals surface area contributed by atoms with Gasteiger partial charge in [-0.2, -0.15) is 0 Å². The van der Waals surface area contributed by atoms with Gasteiger partial charge in [-0.1, -0.05) is 24.3 Å². The Labute approximate surface area is 198 Å². The zero-order chi connectivity index (χ0) is 20.2. The second-order valence-corrected chi connectivity index (χ2v) is 9.26. The minimum absolute atomic E-state index is 0. The average molecular weight is 527 g/mol. The van der Waals surface area contributed by atoms with E-state index in [2.05, 4.69) is 41.4 Å². The third-order valence-corrected chi connectivity index (χ3v) is 7.35. The molecule has 3 aliphatic rings. The standard InChI is InChI=1S/C24H37N3O2.HI/c1-2-25-22(26-17-23(19-28)12-15-29-16-13-23)27-14-6-11-24(18-27)10-5-8-20-7-3-4-9-21(20)24;/h3-4,7,9,28H,2,5-6,8,10-19H2,1H3,(H,25,26);1H. The predicted octanol–water partition coefficient (Wildman–Crippen LogP) is 3.73. The molecule has 1 spiro atoms. The summed E-state index contributed by atoms with van der Waals surface area (Å²) in [6, 6.07) is 9.09. The van der Waals surface area contributed by atoms with Crippen molar-refractivity contribution in [2.75, 3.05) is 46.0 Å². The van der Waals surface area contributed by atoms with Crippen molar-refractivity contribution >= 4 is 29.9 Å². The Bertz CT molecular complexity index is 720. The van der Waals surface area contributed by atoms with Gasteiger partial charge in [0.2, 0.25) is 0 Å². The average Bonchev–Trinajstić information content (AvgIpc) is 2.78. The van der Waals surface area contributed by atoms with Crippen molar-refractivity contribution in [2.24, 2.45) is 10.4 Å². The van der Waals surface area contributed by atoms with Gasteiger partial charge >= 0.3 is 0 Å². The number of aliphatic imine (C=N–C) groups is 1. The number of guanidine groups is 1. The molecule has 2 aliphatic heterocycles. The normalized spacial score (nSPS) is 26.1. The number of hydrogen-bond donors (Lipinski definition) is 2. The van der Waals surface area contributed by atoms with Crippen LogP contribution in [0.25, 0.3) is 0 Å². The van der Waals surface area contributed by atoms with Gasteiger partial charge in [-0.3, -0.25) is 4.99 Å². The number of halogens is 1. The van der Waals surface area contributed by atoms with Gasteiger partial charge < -0.3 is 20.1 Å². The van der Waals surface area contributed by atoms with Gasteiger partial charge in [-0.15, -0.1) is 24.0 Å². The first-order valence-corrected chi connectivity index (χ1v) is 11.5. The van der Waals surface area contributed by atoms with Gasteiger partial charge in [0.25, 0.3) is 0 Å². The number of nitrogens with zero attached hydrogens (tertiary/aromatic N) is 2. The number of nitrogens with one attached hydrogen (secondary N) is 1. The van der Waals surface area contributed by atoms with E-state index in [0.29, 0.717) is 6.54 Å². The summed E-state index contributed by atoms with van der Waals surface area (Å²) in [6.07, 6.45) is 8.04. The summed E-state index contributed by atoms with van der Waals surface area (Å²) < 4.78 is 5.52. The van der Waals surface area contributed by atoms with Crippen molar-refractivity contribution < 1.29 is 9.84 Å². The van der Waals surface area contributed by atoms with Crippen LogP contribution < -0.4 is 5.32 Å². The van der Waals surface area contributed by atoms with Crippen molar-refractivity contribution in [3.05, 3.63) is 35.4 Å². The number of aliphatic hydroxyl groups is 1. The molecule has 0 bridgehead atoms. The summed E-state index contributed by atoms with van der Waals surface area (Å²) in [5.41, 5.74) is 3.26. The lowest BCUT2D eigenvalue weighted by molar-refractivity contribution is -0.0107. The minimum atomic E-state index is -0.121. The van der Waals surface area contributed by atoms with Gasteiger partial charge in [-0.25, -0.2) is 0 Å². The van der Waals surface area contributed by atoms with Crippen molar-refractivity contribution in [3.8, 4) is 0 Å². The summed E-state index contributed by atoms with van der Waals surface area (Å²) >= 11 is 0. The van der Waals surface area contributed by atoms with Crippen LogP contribution in [0.15, 0.2) is 29.3 Å². The van der Waals surface area contributed by atoms with Crippen LogP contribution in [-0.2, 0) is 16.6 Å². The monoisotopic (exact) mass is 527 g/mol. The molecule has 1 aromatic rings. The van der Waals surface area contributed by atoms with Gasteiger partial charge in [0, 0.05) is 43.7 Å². The zero-order valence-electron chi connectivity index (χ0n) is 18.4. The molecule has 1 aromatic carbocycles. The smallest absolute Gasteiger partial charge is 0.193 e. The van der Waals surface area contributed by atoms with Crippen molar-refractivity contribution in [1.29, 1.82) is 0 Å². The highest BCUT2D eigenvalue weighted by Gasteiger charge is 2.41. The van der Waals surface area contributed by atoms with Gasteiger partial charge in [0.1, 0.15) is 0 Å². The highest BCUT2D eigenvalue weighted by Crippen LogP contribution is 2.43. The third-order valence-electron chi connectivity index (χ3n) is 7.35. The number of aliphatic hydroxyl groups excluding tert-OH is 1. The molecular weight excluding hydrogens is 489 g/mol. The number of hydrogen-bond acceptors (Lipinski definition) is 3. The second-order valence-electron chi connectivity index (χ2n) is 9.26. The molecule has 2 heterocycles. The van der Waals surface area contributed by atoms with Crippen LogP contribution in [0.4, 0.5) is 0 Å². The van der Waals surface area contributed by atoms with Crippen LogP contribution >= 0.6 is 24.0 Å². The van der Waals surface area contributed by atoms with Gasteiger partial charge in [-0.05, 0) is 63.0 Å². The molecule has 0 amide bonds. The van der Waals surface area contributed by atoms with Gasteiger partial charge in [0.05, 0.1) is 13.2 Å². The Hall–Kier alpha value is -0.860. The van der Waals surface area contributed by atoms with Crippen LogP contribution in [0.5, 0.6) is 0 Å². The Morgan fingerprint density at radius 2 is 1.93 bits per heavy atom. The molecule has 5 nitrogen and oxygen atoms in total. The fraction of sp³-hybridized carbons (Fsp3) is 0.708. The SMILES string of the molecule is CCNC(=NCC1(CO)CCOCC1)N1CCCC2(CCCc3ccccc32)C1.I. The lowest BCUT2D eigenvalue weighted by Crippen LogP contribution is -2.53. The first kappa shape index (κ1) is 23.8. The van der Waals surface area contributed by atoms with Crippen LogP contribution in [-0.4, -0.2) is 62.0 Å². The van der Waals surface area contributed by atoms with E-state index < -0.39 is 0 Å². The number of piperidine rings is 1. The van der Waals surface area contributed by atoms with Crippen LogP contribution in [0, 0.1) is 5.41 Å². The van der Waals surface area contributed by atoms with Crippen LogP contribution in [0.2, 0.25) is 0 Å². The highest BCUT2D eigenvalue weighted by atomic mass is 127. The molecule has 1 atom stereocenters. The molecule has 1 aliphatic carbocycles. The van der Waals surface area contributed by atoms with E-state index in [4.69, 9.17) is 9.73 Å². The summed E-state index contributed by atoms with van der Waals surface area (Å²) in [4.78, 5) is 7.54. The molecule has 2 fully saturated rings. The number of fused-ring (bicyclic) bond motifs is 2. The zero-order valence-corrected chi connectivity index (χ0v) is 20.7. The summed E-state index contributed by atoms with van der Waals surface area (Å²) in [7, 11) is 0. The van der Waals surface area contributed by atoms with Crippen molar-refractivity contribution in [2.45, 2.75) is 57.3 Å². The molecule has 6 heteroatoms. The number of benzene rings is 1. The third kappa shape index (κ3) is 4.96. The van der Waals surface area contributed by atoms with E-state index in [9.17, 15) is 5.11 Å². The van der Waals surface area contributed by atoms with E-state index >= 15 is 0 Å². The maximum Gasteiger partial charge on any atom is 0.193 e. The van der Waals surface area contributed by atoms with E-state index in [1.54, 1.807) is 11.1 Å². The lowest BCUT2D eigenvalue weighted by Gasteiger charge is -2.47.